The lowest BCUT2D eigenvalue weighted by atomic mass is 10.1. The molecule has 1 atom stereocenters. The van der Waals surface area contributed by atoms with Gasteiger partial charge in [0.1, 0.15) is 5.82 Å². The zero-order valence-electron chi connectivity index (χ0n) is 15.0. The largest absolute Gasteiger partial charge is 0.444 e. The summed E-state index contributed by atoms with van der Waals surface area (Å²) in [7, 11) is 0. The molecule has 0 saturated carbocycles. The van der Waals surface area contributed by atoms with Crippen LogP contribution in [-0.4, -0.2) is 11.9 Å². The van der Waals surface area contributed by atoms with Crippen LogP contribution < -0.4 is 5.32 Å². The Balaban J connectivity index is 1.84. The van der Waals surface area contributed by atoms with Crippen LogP contribution in [0.25, 0.3) is 0 Å². The van der Waals surface area contributed by atoms with Gasteiger partial charge in [-0.3, -0.25) is 4.79 Å². The second-order valence-corrected chi connectivity index (χ2v) is 6.56. The second-order valence-electron chi connectivity index (χ2n) is 6.16. The molecule has 1 amide bonds. The first kappa shape index (κ1) is 19.6. The molecule has 3 aromatic carbocycles. The fraction of sp³-hybridized carbons (Fsp3) is 0.0909. The maximum Gasteiger partial charge on any atom is 0.339 e. The van der Waals surface area contributed by atoms with E-state index < -0.39 is 23.8 Å². The summed E-state index contributed by atoms with van der Waals surface area (Å²) in [5.74, 6) is -1.72. The minimum atomic E-state index is -1.18. The van der Waals surface area contributed by atoms with Crippen LogP contribution in [0.3, 0.4) is 0 Å². The van der Waals surface area contributed by atoms with Crippen LogP contribution in [0.5, 0.6) is 0 Å². The van der Waals surface area contributed by atoms with Crippen molar-refractivity contribution in [1.29, 1.82) is 0 Å². The third kappa shape index (κ3) is 4.75. The SMILES string of the molecule is Cc1ccc(NC(=O)[C@@H](OC(=O)c2ccc(F)cc2)c2ccccc2)cc1Cl. The van der Waals surface area contributed by atoms with Gasteiger partial charge in [-0.1, -0.05) is 48.0 Å². The molecule has 0 radical (unpaired) electrons. The molecular weight excluding hydrogens is 381 g/mol. The summed E-state index contributed by atoms with van der Waals surface area (Å²) < 4.78 is 18.5. The number of carbonyl (C=O) groups is 2. The van der Waals surface area contributed by atoms with Crippen LogP contribution in [0, 0.1) is 12.7 Å². The number of carbonyl (C=O) groups excluding carboxylic acids is 2. The maximum absolute atomic E-state index is 13.1. The summed E-state index contributed by atoms with van der Waals surface area (Å²) in [6.07, 6.45) is -1.18. The summed E-state index contributed by atoms with van der Waals surface area (Å²) in [6.45, 7) is 1.85. The smallest absolute Gasteiger partial charge is 0.339 e. The molecular formula is C22H17ClFNO3. The lowest BCUT2D eigenvalue weighted by molar-refractivity contribution is -0.125. The minimum absolute atomic E-state index is 0.147. The molecule has 0 spiro atoms. The third-order valence-corrected chi connectivity index (χ3v) is 4.49. The van der Waals surface area contributed by atoms with E-state index in [1.54, 1.807) is 48.5 Å². The van der Waals surface area contributed by atoms with E-state index in [9.17, 15) is 14.0 Å². The zero-order valence-corrected chi connectivity index (χ0v) is 15.7. The highest BCUT2D eigenvalue weighted by Gasteiger charge is 2.26. The first-order valence-electron chi connectivity index (χ1n) is 8.52. The van der Waals surface area contributed by atoms with E-state index in [-0.39, 0.29) is 5.56 Å². The molecule has 3 rings (SSSR count). The van der Waals surface area contributed by atoms with Crippen molar-refractivity contribution in [3.8, 4) is 0 Å². The number of benzene rings is 3. The lowest BCUT2D eigenvalue weighted by Gasteiger charge is -2.18. The Kier molecular flexibility index (Phi) is 6.06. The molecule has 0 aliphatic rings. The lowest BCUT2D eigenvalue weighted by Crippen LogP contribution is -2.26. The predicted molar refractivity (Wildman–Crippen MR) is 106 cm³/mol. The molecule has 6 heteroatoms. The molecule has 0 unspecified atom stereocenters. The predicted octanol–water partition coefficient (Wildman–Crippen LogP) is 5.32. The van der Waals surface area contributed by atoms with Crippen molar-refractivity contribution < 1.29 is 18.7 Å². The molecule has 1 N–H and O–H groups in total. The van der Waals surface area contributed by atoms with Gasteiger partial charge >= 0.3 is 5.97 Å². The second kappa shape index (κ2) is 8.67. The van der Waals surface area contributed by atoms with E-state index in [1.807, 2.05) is 6.92 Å². The Morgan fingerprint density at radius 3 is 2.32 bits per heavy atom. The molecule has 0 aliphatic carbocycles. The zero-order chi connectivity index (χ0) is 20.1. The highest BCUT2D eigenvalue weighted by atomic mass is 35.5. The standard InChI is InChI=1S/C22H17ClFNO3/c1-14-7-12-18(13-19(14)23)25-21(26)20(15-5-3-2-4-6-15)28-22(27)16-8-10-17(24)11-9-16/h2-13,20H,1H3,(H,25,26)/t20-/m0/s1. The van der Waals surface area contributed by atoms with E-state index >= 15 is 0 Å². The summed E-state index contributed by atoms with van der Waals surface area (Å²) in [5.41, 5.74) is 2.02. The van der Waals surface area contributed by atoms with Crippen LogP contribution >= 0.6 is 11.6 Å². The van der Waals surface area contributed by atoms with Gasteiger partial charge in [0.05, 0.1) is 5.56 Å². The Labute approximate surface area is 166 Å². The van der Waals surface area contributed by atoms with Gasteiger partial charge in [-0.05, 0) is 48.9 Å². The van der Waals surface area contributed by atoms with Crippen molar-refractivity contribution in [1.82, 2.24) is 0 Å². The number of aryl methyl sites for hydroxylation is 1. The minimum Gasteiger partial charge on any atom is -0.444 e. The van der Waals surface area contributed by atoms with Gasteiger partial charge in [0.15, 0.2) is 0 Å². The van der Waals surface area contributed by atoms with Crippen molar-refractivity contribution in [3.63, 3.8) is 0 Å². The Morgan fingerprint density at radius 1 is 1.00 bits per heavy atom. The van der Waals surface area contributed by atoms with Crippen LogP contribution in [0.4, 0.5) is 10.1 Å². The van der Waals surface area contributed by atoms with Gasteiger partial charge in [0.25, 0.3) is 5.91 Å². The number of esters is 1. The molecule has 0 heterocycles. The Morgan fingerprint density at radius 2 is 1.68 bits per heavy atom. The fourth-order valence-electron chi connectivity index (χ4n) is 2.54. The molecule has 28 heavy (non-hydrogen) atoms. The third-order valence-electron chi connectivity index (χ3n) is 4.08. The number of nitrogens with one attached hydrogen (secondary N) is 1. The first-order chi connectivity index (χ1) is 13.4. The number of halogens is 2. The summed E-state index contributed by atoms with van der Waals surface area (Å²) in [4.78, 5) is 25.3. The van der Waals surface area contributed by atoms with Gasteiger partial charge in [-0.2, -0.15) is 0 Å². The number of anilines is 1. The molecule has 0 fully saturated rings. The number of ether oxygens (including phenoxy) is 1. The van der Waals surface area contributed by atoms with E-state index in [1.165, 1.54) is 12.1 Å². The fourth-order valence-corrected chi connectivity index (χ4v) is 2.72. The van der Waals surface area contributed by atoms with Crippen LogP contribution in [-0.2, 0) is 9.53 Å². The number of hydrogen-bond acceptors (Lipinski definition) is 3. The van der Waals surface area contributed by atoms with Crippen molar-refractivity contribution >= 4 is 29.2 Å². The highest BCUT2D eigenvalue weighted by Crippen LogP contribution is 2.24. The van der Waals surface area contributed by atoms with Gasteiger partial charge in [-0.15, -0.1) is 0 Å². The molecule has 0 aromatic heterocycles. The number of hydrogen-bond donors (Lipinski definition) is 1. The molecule has 0 saturated heterocycles. The number of amides is 1. The van der Waals surface area contributed by atoms with Crippen molar-refractivity contribution in [2.45, 2.75) is 13.0 Å². The summed E-state index contributed by atoms with van der Waals surface area (Å²) in [5, 5.41) is 3.23. The topological polar surface area (TPSA) is 55.4 Å². The van der Waals surface area contributed by atoms with Crippen molar-refractivity contribution in [3.05, 3.63) is 100 Å². The summed E-state index contributed by atoms with van der Waals surface area (Å²) in [6, 6.07) is 18.7. The molecule has 3 aromatic rings. The number of rotatable bonds is 5. The average Bonchev–Trinajstić information content (AvgIpc) is 2.70. The summed E-state index contributed by atoms with van der Waals surface area (Å²) >= 11 is 6.10. The maximum atomic E-state index is 13.1. The Bertz CT molecular complexity index is 990. The van der Waals surface area contributed by atoms with E-state index in [4.69, 9.17) is 16.3 Å². The van der Waals surface area contributed by atoms with E-state index in [0.29, 0.717) is 16.3 Å². The Hall–Kier alpha value is -3.18. The highest BCUT2D eigenvalue weighted by molar-refractivity contribution is 6.31. The molecule has 0 bridgehead atoms. The normalized spacial score (nSPS) is 11.5. The van der Waals surface area contributed by atoms with E-state index in [0.717, 1.165) is 17.7 Å². The van der Waals surface area contributed by atoms with Crippen molar-refractivity contribution in [2.24, 2.45) is 0 Å². The molecule has 0 aliphatic heterocycles. The van der Waals surface area contributed by atoms with Gasteiger partial charge in [0, 0.05) is 16.3 Å². The van der Waals surface area contributed by atoms with Crippen molar-refractivity contribution in [2.75, 3.05) is 5.32 Å². The van der Waals surface area contributed by atoms with E-state index in [2.05, 4.69) is 5.32 Å². The average molecular weight is 398 g/mol. The molecule has 4 nitrogen and oxygen atoms in total. The van der Waals surface area contributed by atoms with Gasteiger partial charge in [-0.25, -0.2) is 9.18 Å². The van der Waals surface area contributed by atoms with Gasteiger partial charge in [0.2, 0.25) is 6.10 Å². The quantitative estimate of drug-likeness (QED) is 0.592. The first-order valence-corrected chi connectivity index (χ1v) is 8.90. The van der Waals surface area contributed by atoms with Gasteiger partial charge < -0.3 is 10.1 Å². The molecule has 142 valence electrons. The monoisotopic (exact) mass is 397 g/mol. The van der Waals surface area contributed by atoms with Crippen LogP contribution in [0.1, 0.15) is 27.6 Å². The van der Waals surface area contributed by atoms with Crippen LogP contribution in [0.15, 0.2) is 72.8 Å². The van der Waals surface area contributed by atoms with Crippen LogP contribution in [0.2, 0.25) is 5.02 Å².